The molecular weight excluding hydrogens is 282 g/mol. The Morgan fingerprint density at radius 1 is 1.37 bits per heavy atom. The van der Waals surface area contributed by atoms with Gasteiger partial charge in [0.2, 0.25) is 0 Å². The fourth-order valence-corrected chi connectivity index (χ4v) is 2.97. The van der Waals surface area contributed by atoms with Crippen LogP contribution in [0.3, 0.4) is 0 Å². The molecule has 4 nitrogen and oxygen atoms in total. The van der Waals surface area contributed by atoms with Crippen LogP contribution in [0.25, 0.3) is 0 Å². The van der Waals surface area contributed by atoms with Gasteiger partial charge in [0.1, 0.15) is 10.1 Å². The number of thioether (sulfide) groups is 1. The molecular formula is C13H13NO3S2. The second kappa shape index (κ2) is 7.16. The van der Waals surface area contributed by atoms with Crippen LogP contribution in [0.1, 0.15) is 5.56 Å². The van der Waals surface area contributed by atoms with Gasteiger partial charge in [-0.1, -0.05) is 23.9 Å². The van der Waals surface area contributed by atoms with Gasteiger partial charge in [0, 0.05) is 17.3 Å². The molecule has 0 fully saturated rings. The Kier molecular flexibility index (Phi) is 5.23. The molecule has 0 bridgehead atoms. The van der Waals surface area contributed by atoms with E-state index in [9.17, 15) is 4.79 Å². The van der Waals surface area contributed by atoms with E-state index in [2.05, 4.69) is 4.98 Å². The second-order valence-electron chi connectivity index (χ2n) is 3.71. The van der Waals surface area contributed by atoms with Gasteiger partial charge in [0.15, 0.2) is 0 Å². The summed E-state index contributed by atoms with van der Waals surface area (Å²) in [6, 6.07) is 7.15. The minimum absolute atomic E-state index is 0.0418. The van der Waals surface area contributed by atoms with Crippen LogP contribution in [0, 0.1) is 0 Å². The van der Waals surface area contributed by atoms with Crippen LogP contribution in [0.2, 0.25) is 0 Å². The van der Waals surface area contributed by atoms with Gasteiger partial charge in [-0.3, -0.25) is 4.79 Å². The van der Waals surface area contributed by atoms with Crippen molar-refractivity contribution in [1.29, 1.82) is 0 Å². The molecule has 2 aromatic rings. The zero-order valence-corrected chi connectivity index (χ0v) is 11.7. The van der Waals surface area contributed by atoms with Crippen molar-refractivity contribution < 1.29 is 14.6 Å². The number of hydrogen-bond acceptors (Lipinski definition) is 5. The van der Waals surface area contributed by atoms with Crippen LogP contribution < -0.4 is 4.74 Å². The summed E-state index contributed by atoms with van der Waals surface area (Å²) in [6.45, 7) is 0.600. The predicted octanol–water partition coefficient (Wildman–Crippen LogP) is 2.94. The highest BCUT2D eigenvalue weighted by molar-refractivity contribution is 8.01. The summed E-state index contributed by atoms with van der Waals surface area (Å²) >= 11 is 3.28. The van der Waals surface area contributed by atoms with Gasteiger partial charge in [0.25, 0.3) is 0 Å². The molecule has 0 saturated carbocycles. The molecule has 0 amide bonds. The number of aromatic nitrogens is 1. The first-order valence-electron chi connectivity index (χ1n) is 5.70. The SMILES string of the molecule is O=C(O)Cc1ccc(OCCSc2nccs2)cc1. The van der Waals surface area contributed by atoms with Crippen molar-refractivity contribution in [3.05, 3.63) is 41.4 Å². The zero-order valence-electron chi connectivity index (χ0n) is 10.1. The Balaban J connectivity index is 1.72. The zero-order chi connectivity index (χ0) is 13.5. The molecule has 0 radical (unpaired) electrons. The molecule has 0 atom stereocenters. The highest BCUT2D eigenvalue weighted by atomic mass is 32.2. The van der Waals surface area contributed by atoms with Gasteiger partial charge in [-0.15, -0.1) is 11.3 Å². The van der Waals surface area contributed by atoms with Gasteiger partial charge in [-0.05, 0) is 17.7 Å². The average molecular weight is 295 g/mol. The summed E-state index contributed by atoms with van der Waals surface area (Å²) in [6.07, 6.45) is 1.83. The number of carbonyl (C=O) groups is 1. The smallest absolute Gasteiger partial charge is 0.307 e. The normalized spacial score (nSPS) is 10.3. The quantitative estimate of drug-likeness (QED) is 0.628. The molecule has 19 heavy (non-hydrogen) atoms. The van der Waals surface area contributed by atoms with Gasteiger partial charge >= 0.3 is 5.97 Å². The van der Waals surface area contributed by atoms with Crippen molar-refractivity contribution in [2.24, 2.45) is 0 Å². The lowest BCUT2D eigenvalue weighted by atomic mass is 10.1. The first-order valence-corrected chi connectivity index (χ1v) is 7.56. The van der Waals surface area contributed by atoms with E-state index in [4.69, 9.17) is 9.84 Å². The largest absolute Gasteiger partial charge is 0.493 e. The van der Waals surface area contributed by atoms with Crippen LogP contribution >= 0.6 is 23.1 Å². The molecule has 0 unspecified atom stereocenters. The Morgan fingerprint density at radius 3 is 2.79 bits per heavy atom. The Labute approximate surface area is 119 Å². The van der Waals surface area contributed by atoms with E-state index < -0.39 is 5.97 Å². The molecule has 0 aliphatic heterocycles. The van der Waals surface area contributed by atoms with Crippen molar-refractivity contribution in [2.45, 2.75) is 10.8 Å². The van der Waals surface area contributed by atoms with Crippen LogP contribution in [-0.4, -0.2) is 28.4 Å². The first-order chi connectivity index (χ1) is 9.24. The highest BCUT2D eigenvalue weighted by Crippen LogP contribution is 2.20. The number of hydrogen-bond donors (Lipinski definition) is 1. The number of nitrogens with zero attached hydrogens (tertiary/aromatic N) is 1. The van der Waals surface area contributed by atoms with E-state index >= 15 is 0 Å². The predicted molar refractivity (Wildman–Crippen MR) is 76.1 cm³/mol. The fourth-order valence-electron chi connectivity index (χ4n) is 1.45. The lowest BCUT2D eigenvalue weighted by Crippen LogP contribution is -2.01. The summed E-state index contributed by atoms with van der Waals surface area (Å²) < 4.78 is 6.61. The molecule has 0 aliphatic rings. The third-order valence-corrected chi connectivity index (χ3v) is 4.20. The Hall–Kier alpha value is -1.53. The van der Waals surface area contributed by atoms with Crippen molar-refractivity contribution in [2.75, 3.05) is 12.4 Å². The minimum atomic E-state index is -0.825. The Morgan fingerprint density at radius 2 is 2.16 bits per heavy atom. The van der Waals surface area contributed by atoms with Crippen molar-refractivity contribution in [3.8, 4) is 5.75 Å². The molecule has 0 saturated heterocycles. The molecule has 0 aliphatic carbocycles. The van der Waals surface area contributed by atoms with E-state index in [1.165, 1.54) is 0 Å². The van der Waals surface area contributed by atoms with Crippen LogP contribution in [0.5, 0.6) is 5.75 Å². The molecule has 100 valence electrons. The highest BCUT2D eigenvalue weighted by Gasteiger charge is 2.01. The maximum absolute atomic E-state index is 10.5. The molecule has 6 heteroatoms. The van der Waals surface area contributed by atoms with Crippen LogP contribution in [-0.2, 0) is 11.2 Å². The summed E-state index contributed by atoms with van der Waals surface area (Å²) in [4.78, 5) is 14.7. The maximum atomic E-state index is 10.5. The monoisotopic (exact) mass is 295 g/mol. The number of aliphatic carboxylic acids is 1. The first kappa shape index (κ1) is 13.9. The van der Waals surface area contributed by atoms with E-state index in [-0.39, 0.29) is 6.42 Å². The van der Waals surface area contributed by atoms with Gasteiger partial charge < -0.3 is 9.84 Å². The second-order valence-corrected chi connectivity index (χ2v) is 5.95. The minimum Gasteiger partial charge on any atom is -0.493 e. The van der Waals surface area contributed by atoms with E-state index in [1.54, 1.807) is 53.6 Å². The van der Waals surface area contributed by atoms with Crippen molar-refractivity contribution in [1.82, 2.24) is 4.98 Å². The van der Waals surface area contributed by atoms with Crippen LogP contribution in [0.4, 0.5) is 0 Å². The third-order valence-electron chi connectivity index (χ3n) is 2.27. The molecule has 0 spiro atoms. The molecule has 2 rings (SSSR count). The summed E-state index contributed by atoms with van der Waals surface area (Å²) in [5.41, 5.74) is 0.775. The van der Waals surface area contributed by atoms with Gasteiger partial charge in [0.05, 0.1) is 13.0 Å². The van der Waals surface area contributed by atoms with E-state index in [0.717, 1.165) is 21.4 Å². The summed E-state index contributed by atoms with van der Waals surface area (Å²) in [7, 11) is 0. The number of carboxylic acids is 1. The topological polar surface area (TPSA) is 59.4 Å². The van der Waals surface area contributed by atoms with Crippen LogP contribution in [0.15, 0.2) is 40.2 Å². The lowest BCUT2D eigenvalue weighted by Gasteiger charge is -2.05. The van der Waals surface area contributed by atoms with E-state index in [1.807, 2.05) is 5.38 Å². The maximum Gasteiger partial charge on any atom is 0.307 e. The van der Waals surface area contributed by atoms with Gasteiger partial charge in [-0.25, -0.2) is 4.98 Å². The fraction of sp³-hybridized carbons (Fsp3) is 0.231. The number of rotatable bonds is 7. The molecule has 1 heterocycles. The Bertz CT molecular complexity index is 511. The van der Waals surface area contributed by atoms with E-state index in [0.29, 0.717) is 6.61 Å². The summed E-state index contributed by atoms with van der Waals surface area (Å²) in [5, 5.41) is 10.6. The summed E-state index contributed by atoms with van der Waals surface area (Å²) in [5.74, 6) is 0.770. The third kappa shape index (κ3) is 4.92. The molecule has 1 aromatic carbocycles. The molecule has 1 N–H and O–H groups in total. The van der Waals surface area contributed by atoms with Crippen molar-refractivity contribution in [3.63, 3.8) is 0 Å². The number of ether oxygens (including phenoxy) is 1. The number of thiazole rings is 1. The number of benzene rings is 1. The average Bonchev–Trinajstić information content (AvgIpc) is 2.89. The molecule has 1 aromatic heterocycles. The standard InChI is InChI=1S/C13H13NO3S2/c15-12(16)9-10-1-3-11(4-2-10)17-6-8-19-13-14-5-7-18-13/h1-5,7H,6,8-9H2,(H,15,16). The van der Waals surface area contributed by atoms with Crippen molar-refractivity contribution >= 4 is 29.1 Å². The van der Waals surface area contributed by atoms with Gasteiger partial charge in [-0.2, -0.15) is 0 Å². The number of carboxylic acid groups (broad SMARTS) is 1. The lowest BCUT2D eigenvalue weighted by molar-refractivity contribution is -0.136.